The van der Waals surface area contributed by atoms with Crippen molar-refractivity contribution in [2.45, 2.75) is 12.6 Å². The van der Waals surface area contributed by atoms with Gasteiger partial charge in [0.1, 0.15) is 6.04 Å². The molecule has 0 bridgehead atoms. The molecule has 0 radical (unpaired) electrons. The van der Waals surface area contributed by atoms with E-state index in [1.807, 2.05) is 18.8 Å². The average Bonchev–Trinajstić information content (AvgIpc) is 3.00. The van der Waals surface area contributed by atoms with Gasteiger partial charge in [-0.15, -0.1) is 0 Å². The van der Waals surface area contributed by atoms with Gasteiger partial charge >= 0.3 is 0 Å². The number of hydrazine groups is 1. The van der Waals surface area contributed by atoms with Gasteiger partial charge in [-0.05, 0) is 14.1 Å². The monoisotopic (exact) mass is 301 g/mol. The molecule has 3 N–H and O–H groups in total. The van der Waals surface area contributed by atoms with E-state index in [2.05, 4.69) is 24.2 Å². The van der Waals surface area contributed by atoms with E-state index in [9.17, 15) is 0 Å². The first-order chi connectivity index (χ1) is 9.13. The molecule has 0 saturated carbocycles. The molecule has 0 aliphatic heterocycles. The molecule has 9 heteroatoms. The Hall–Kier alpha value is -1.06. The number of nitrogens with zero attached hydrogens (tertiary/aromatic N) is 5. The van der Waals surface area contributed by atoms with Crippen LogP contribution in [0.5, 0.6) is 0 Å². The summed E-state index contributed by atoms with van der Waals surface area (Å²) in [4.78, 5) is 2.08. The topological polar surface area (TPSA) is 84.9 Å². The minimum atomic E-state index is -0.309. The highest BCUT2D eigenvalue weighted by molar-refractivity contribution is 6.99. The molecule has 0 fully saturated rings. The lowest BCUT2D eigenvalue weighted by molar-refractivity contribution is 0.365. The predicted octanol–water partition coefficient (Wildman–Crippen LogP) is 0.502. The molecule has 0 aromatic carbocycles. The maximum Gasteiger partial charge on any atom is 0.109 e. The Morgan fingerprint density at radius 1 is 1.53 bits per heavy atom. The quantitative estimate of drug-likeness (QED) is 0.597. The summed E-state index contributed by atoms with van der Waals surface area (Å²) in [5.74, 6) is 5.63. The molecule has 1 unspecified atom stereocenters. The highest BCUT2D eigenvalue weighted by Crippen LogP contribution is 2.26. The summed E-state index contributed by atoms with van der Waals surface area (Å²) in [5.41, 5.74) is 4.26. The first-order valence-electron chi connectivity index (χ1n) is 5.73. The third-order valence-electron chi connectivity index (χ3n) is 2.71. The molecule has 0 saturated heterocycles. The highest BCUT2D eigenvalue weighted by atomic mass is 35.5. The Labute approximate surface area is 120 Å². The molecule has 0 aliphatic carbocycles. The Bertz CT molecular complexity index is 510. The number of nitrogens with two attached hydrogens (primary N) is 1. The lowest BCUT2D eigenvalue weighted by atomic mass is 10.1. The van der Waals surface area contributed by atoms with Crippen LogP contribution in [0, 0.1) is 0 Å². The van der Waals surface area contributed by atoms with Crippen molar-refractivity contribution in [2.75, 3.05) is 20.6 Å². The molecule has 0 amide bonds. The molecule has 2 heterocycles. The van der Waals surface area contributed by atoms with Gasteiger partial charge in [0.15, 0.2) is 0 Å². The zero-order valence-corrected chi connectivity index (χ0v) is 12.3. The second-order valence-electron chi connectivity index (χ2n) is 4.34. The van der Waals surface area contributed by atoms with Crippen LogP contribution in [0.25, 0.3) is 0 Å². The van der Waals surface area contributed by atoms with Crippen molar-refractivity contribution in [2.24, 2.45) is 5.84 Å². The zero-order chi connectivity index (χ0) is 13.8. The van der Waals surface area contributed by atoms with E-state index in [0.29, 0.717) is 5.02 Å². The van der Waals surface area contributed by atoms with Crippen molar-refractivity contribution in [1.29, 1.82) is 0 Å². The van der Waals surface area contributed by atoms with Crippen LogP contribution >= 0.6 is 23.3 Å². The standard InChI is InChI=1S/C10H16ClN7S/c1-17(2)3-4-18-10(7(11)5-13-18)9(15-12)8-6-14-19-16-8/h5-6,9,15H,3-4,12H2,1-2H3. The van der Waals surface area contributed by atoms with Gasteiger partial charge in [0.25, 0.3) is 0 Å². The van der Waals surface area contributed by atoms with E-state index < -0.39 is 0 Å². The van der Waals surface area contributed by atoms with Crippen LogP contribution in [0.2, 0.25) is 5.02 Å². The van der Waals surface area contributed by atoms with Crippen molar-refractivity contribution >= 4 is 23.3 Å². The largest absolute Gasteiger partial charge is 0.308 e. The minimum absolute atomic E-state index is 0.309. The second kappa shape index (κ2) is 6.40. The number of nitrogens with one attached hydrogen (secondary N) is 1. The van der Waals surface area contributed by atoms with Crippen LogP contribution in [-0.4, -0.2) is 44.1 Å². The van der Waals surface area contributed by atoms with Crippen molar-refractivity contribution in [3.63, 3.8) is 0 Å². The van der Waals surface area contributed by atoms with E-state index >= 15 is 0 Å². The van der Waals surface area contributed by atoms with Crippen molar-refractivity contribution < 1.29 is 0 Å². The number of aromatic nitrogens is 4. The summed E-state index contributed by atoms with van der Waals surface area (Å²) in [6, 6.07) is -0.309. The summed E-state index contributed by atoms with van der Waals surface area (Å²) in [6.45, 7) is 1.59. The normalized spacial score (nSPS) is 13.1. The molecule has 2 aromatic heterocycles. The van der Waals surface area contributed by atoms with Crippen molar-refractivity contribution in [3.05, 3.63) is 28.8 Å². The smallest absolute Gasteiger partial charge is 0.109 e. The van der Waals surface area contributed by atoms with Crippen LogP contribution in [-0.2, 0) is 6.54 Å². The fraction of sp³-hybridized carbons (Fsp3) is 0.500. The number of likely N-dealkylation sites (N-methyl/N-ethyl adjacent to an activating group) is 1. The highest BCUT2D eigenvalue weighted by Gasteiger charge is 2.23. The number of halogens is 1. The summed E-state index contributed by atoms with van der Waals surface area (Å²) in [6.07, 6.45) is 3.30. The average molecular weight is 302 g/mol. The van der Waals surface area contributed by atoms with Gasteiger partial charge in [-0.3, -0.25) is 10.5 Å². The molecular weight excluding hydrogens is 286 g/mol. The van der Waals surface area contributed by atoms with Crippen LogP contribution in [0.15, 0.2) is 12.4 Å². The van der Waals surface area contributed by atoms with Crippen LogP contribution in [0.3, 0.4) is 0 Å². The Morgan fingerprint density at radius 3 is 2.89 bits per heavy atom. The van der Waals surface area contributed by atoms with Crippen LogP contribution in [0.1, 0.15) is 17.4 Å². The van der Waals surface area contributed by atoms with Crippen molar-refractivity contribution in [1.82, 2.24) is 28.9 Å². The third-order valence-corrected chi connectivity index (χ3v) is 3.49. The van der Waals surface area contributed by atoms with Gasteiger partial charge in [-0.2, -0.15) is 13.8 Å². The molecule has 7 nitrogen and oxygen atoms in total. The molecule has 0 aliphatic rings. The lowest BCUT2D eigenvalue weighted by Crippen LogP contribution is -2.32. The summed E-state index contributed by atoms with van der Waals surface area (Å²) < 4.78 is 10.0. The molecule has 104 valence electrons. The number of hydrogen-bond acceptors (Lipinski definition) is 7. The van der Waals surface area contributed by atoms with E-state index in [1.165, 1.54) is 0 Å². The second-order valence-corrected chi connectivity index (χ2v) is 5.30. The minimum Gasteiger partial charge on any atom is -0.308 e. The molecule has 0 spiro atoms. The van der Waals surface area contributed by atoms with Crippen LogP contribution in [0.4, 0.5) is 0 Å². The van der Waals surface area contributed by atoms with E-state index in [0.717, 1.165) is 36.2 Å². The maximum absolute atomic E-state index is 6.21. The fourth-order valence-electron chi connectivity index (χ4n) is 1.74. The fourth-order valence-corrected chi connectivity index (χ4v) is 2.43. The first kappa shape index (κ1) is 14.4. The Balaban J connectivity index is 2.29. The first-order valence-corrected chi connectivity index (χ1v) is 6.83. The molecular formula is C10H16ClN7S. The van der Waals surface area contributed by atoms with E-state index in [4.69, 9.17) is 17.4 Å². The van der Waals surface area contributed by atoms with Gasteiger partial charge in [0.2, 0.25) is 0 Å². The number of hydrogen-bond donors (Lipinski definition) is 2. The van der Waals surface area contributed by atoms with E-state index in [-0.39, 0.29) is 6.04 Å². The van der Waals surface area contributed by atoms with Gasteiger partial charge in [-0.1, -0.05) is 11.6 Å². The third kappa shape index (κ3) is 3.28. The van der Waals surface area contributed by atoms with Gasteiger partial charge in [0, 0.05) is 6.54 Å². The predicted molar refractivity (Wildman–Crippen MR) is 74.9 cm³/mol. The van der Waals surface area contributed by atoms with Crippen molar-refractivity contribution in [3.8, 4) is 0 Å². The molecule has 1 atom stereocenters. The van der Waals surface area contributed by atoms with Crippen LogP contribution < -0.4 is 11.3 Å². The summed E-state index contributed by atoms with van der Waals surface area (Å²) >= 11 is 7.35. The van der Waals surface area contributed by atoms with Gasteiger partial charge < -0.3 is 4.90 Å². The van der Waals surface area contributed by atoms with Gasteiger partial charge in [-0.25, -0.2) is 5.43 Å². The number of rotatable bonds is 6. The lowest BCUT2D eigenvalue weighted by Gasteiger charge is -2.17. The molecule has 2 aromatic rings. The summed E-state index contributed by atoms with van der Waals surface area (Å²) in [5, 5.41) is 4.85. The zero-order valence-electron chi connectivity index (χ0n) is 10.7. The molecule has 2 rings (SSSR count). The van der Waals surface area contributed by atoms with Gasteiger partial charge in [0.05, 0.1) is 47.1 Å². The SMILES string of the molecule is CN(C)CCn1ncc(Cl)c1C(NN)c1cnsn1. The summed E-state index contributed by atoms with van der Waals surface area (Å²) in [7, 11) is 4.02. The molecule has 19 heavy (non-hydrogen) atoms. The van der Waals surface area contributed by atoms with E-state index in [1.54, 1.807) is 12.4 Å². The maximum atomic E-state index is 6.21. The Morgan fingerprint density at radius 2 is 2.32 bits per heavy atom. The Kier molecular flexibility index (Phi) is 4.83.